The lowest BCUT2D eigenvalue weighted by molar-refractivity contribution is 0.100. The molecule has 2 aromatic heterocycles. The monoisotopic (exact) mass is 494 g/mol. The Morgan fingerprint density at radius 2 is 1.51 bits per heavy atom. The highest BCUT2D eigenvalue weighted by atomic mass is 16.2. The molecule has 2 heterocycles. The van der Waals surface area contributed by atoms with Gasteiger partial charge in [-0.15, -0.1) is 0 Å². The Hall–Kier alpha value is -4.96. The second-order valence-electron chi connectivity index (χ2n) is 8.51. The number of anilines is 2. The third-order valence-electron chi connectivity index (χ3n) is 6.00. The highest BCUT2D eigenvalue weighted by Crippen LogP contribution is 2.31. The quantitative estimate of drug-likeness (QED) is 0.175. The minimum absolute atomic E-state index is 0.260. The summed E-state index contributed by atoms with van der Waals surface area (Å²) < 4.78 is 0. The SMILES string of the molecule is NC(=O)c1c(NC(=O)c2ccc(CNCc3cnc[nH]3)cc2)ccc2c(NCc3cnc[nH]3)cccc12. The summed E-state index contributed by atoms with van der Waals surface area (Å²) in [6, 6.07) is 16.4. The van der Waals surface area contributed by atoms with E-state index in [9.17, 15) is 9.59 Å². The molecule has 5 aromatic rings. The van der Waals surface area contributed by atoms with Crippen molar-refractivity contribution in [3.8, 4) is 0 Å². The van der Waals surface area contributed by atoms with Crippen molar-refractivity contribution in [2.45, 2.75) is 19.6 Å². The fourth-order valence-corrected chi connectivity index (χ4v) is 4.14. The topological polar surface area (TPSA) is 154 Å². The van der Waals surface area contributed by atoms with Gasteiger partial charge in [-0.25, -0.2) is 9.97 Å². The first kappa shape index (κ1) is 23.8. The number of imidazole rings is 2. The number of H-pyrrole nitrogens is 2. The molecule has 0 unspecified atom stereocenters. The van der Waals surface area contributed by atoms with Gasteiger partial charge in [0.25, 0.3) is 11.8 Å². The van der Waals surface area contributed by atoms with Crippen LogP contribution in [-0.2, 0) is 19.6 Å². The van der Waals surface area contributed by atoms with Gasteiger partial charge in [-0.05, 0) is 35.2 Å². The van der Waals surface area contributed by atoms with E-state index in [4.69, 9.17) is 5.73 Å². The van der Waals surface area contributed by atoms with Gasteiger partial charge in [-0.3, -0.25) is 9.59 Å². The van der Waals surface area contributed by atoms with Gasteiger partial charge < -0.3 is 31.7 Å². The van der Waals surface area contributed by atoms with Gasteiger partial charge in [0.15, 0.2) is 0 Å². The Morgan fingerprint density at radius 1 is 0.784 bits per heavy atom. The maximum absolute atomic E-state index is 13.0. The van der Waals surface area contributed by atoms with E-state index in [1.807, 2.05) is 36.4 Å². The van der Waals surface area contributed by atoms with E-state index in [2.05, 4.69) is 35.9 Å². The molecule has 186 valence electrons. The molecule has 3 aromatic carbocycles. The maximum Gasteiger partial charge on any atom is 0.255 e. The Balaban J connectivity index is 1.31. The fraction of sp³-hybridized carbons (Fsp3) is 0.111. The number of aromatic nitrogens is 4. The van der Waals surface area contributed by atoms with E-state index in [1.165, 1.54) is 0 Å². The molecule has 10 heteroatoms. The maximum atomic E-state index is 13.0. The molecule has 2 amide bonds. The van der Waals surface area contributed by atoms with Crippen molar-refractivity contribution < 1.29 is 9.59 Å². The molecule has 5 rings (SSSR count). The first-order chi connectivity index (χ1) is 18.1. The molecule has 10 nitrogen and oxygen atoms in total. The summed E-state index contributed by atoms with van der Waals surface area (Å²) in [7, 11) is 0. The minimum atomic E-state index is -0.620. The molecule has 0 spiro atoms. The molecule has 0 saturated heterocycles. The van der Waals surface area contributed by atoms with Crippen molar-refractivity contribution >= 4 is 34.0 Å². The van der Waals surface area contributed by atoms with Gasteiger partial charge >= 0.3 is 0 Å². The highest BCUT2D eigenvalue weighted by Gasteiger charge is 2.17. The summed E-state index contributed by atoms with van der Waals surface area (Å²) in [5.74, 6) is -0.947. The number of benzene rings is 3. The summed E-state index contributed by atoms with van der Waals surface area (Å²) in [6.07, 6.45) is 6.77. The van der Waals surface area contributed by atoms with Crippen LogP contribution in [0.5, 0.6) is 0 Å². The number of rotatable bonds is 10. The third kappa shape index (κ3) is 5.49. The second kappa shape index (κ2) is 10.8. The highest BCUT2D eigenvalue weighted by molar-refractivity contribution is 6.16. The van der Waals surface area contributed by atoms with E-state index in [0.29, 0.717) is 36.3 Å². The average molecular weight is 495 g/mol. The van der Waals surface area contributed by atoms with Gasteiger partial charge in [0.05, 0.1) is 36.1 Å². The van der Waals surface area contributed by atoms with Crippen molar-refractivity contribution in [3.05, 3.63) is 108 Å². The molecule has 0 aliphatic heterocycles. The number of hydrogen-bond donors (Lipinski definition) is 6. The summed E-state index contributed by atoms with van der Waals surface area (Å²) in [5.41, 5.74) is 10.7. The second-order valence-corrected chi connectivity index (χ2v) is 8.51. The van der Waals surface area contributed by atoms with E-state index < -0.39 is 5.91 Å². The Bertz CT molecular complexity index is 1510. The van der Waals surface area contributed by atoms with Crippen LogP contribution in [-0.4, -0.2) is 31.8 Å². The van der Waals surface area contributed by atoms with Crippen LogP contribution in [0.3, 0.4) is 0 Å². The number of nitrogens with zero attached hydrogens (tertiary/aromatic N) is 2. The predicted octanol–water partition coefficient (Wildman–Crippen LogP) is 3.54. The summed E-state index contributed by atoms with van der Waals surface area (Å²) in [5, 5.41) is 11.0. The number of nitrogens with two attached hydrogens (primary N) is 1. The summed E-state index contributed by atoms with van der Waals surface area (Å²) in [4.78, 5) is 39.6. The third-order valence-corrected chi connectivity index (χ3v) is 6.00. The zero-order chi connectivity index (χ0) is 25.6. The first-order valence-corrected chi connectivity index (χ1v) is 11.7. The first-order valence-electron chi connectivity index (χ1n) is 11.7. The number of primary amides is 1. The van der Waals surface area contributed by atoms with Crippen molar-refractivity contribution in [1.82, 2.24) is 25.3 Å². The molecule has 0 atom stereocenters. The smallest absolute Gasteiger partial charge is 0.255 e. The predicted molar refractivity (Wildman–Crippen MR) is 142 cm³/mol. The van der Waals surface area contributed by atoms with Gasteiger partial charge in [0, 0.05) is 47.8 Å². The average Bonchev–Trinajstić information content (AvgIpc) is 3.62. The van der Waals surface area contributed by atoms with Crippen LogP contribution < -0.4 is 21.7 Å². The molecular formula is C27H26N8O2. The zero-order valence-electron chi connectivity index (χ0n) is 19.9. The lowest BCUT2D eigenvalue weighted by Crippen LogP contribution is -2.19. The van der Waals surface area contributed by atoms with Crippen molar-refractivity contribution in [2.24, 2.45) is 5.73 Å². The van der Waals surface area contributed by atoms with Crippen molar-refractivity contribution in [1.29, 1.82) is 0 Å². The molecule has 37 heavy (non-hydrogen) atoms. The number of carbonyl (C=O) groups excluding carboxylic acids is 2. The van der Waals surface area contributed by atoms with Crippen LogP contribution in [0.4, 0.5) is 11.4 Å². The lowest BCUT2D eigenvalue weighted by atomic mass is 10.00. The van der Waals surface area contributed by atoms with E-state index in [0.717, 1.165) is 28.0 Å². The zero-order valence-corrected chi connectivity index (χ0v) is 19.9. The number of fused-ring (bicyclic) bond motifs is 1. The lowest BCUT2D eigenvalue weighted by Gasteiger charge is -2.15. The Morgan fingerprint density at radius 3 is 2.19 bits per heavy atom. The largest absolute Gasteiger partial charge is 0.379 e. The number of amides is 2. The van der Waals surface area contributed by atoms with Crippen LogP contribution in [0, 0.1) is 0 Å². The Labute approximate surface area is 212 Å². The molecule has 7 N–H and O–H groups in total. The minimum Gasteiger partial charge on any atom is -0.379 e. The van der Waals surface area contributed by atoms with Gasteiger partial charge in [0.2, 0.25) is 0 Å². The van der Waals surface area contributed by atoms with Gasteiger partial charge in [-0.1, -0.05) is 30.3 Å². The molecule has 0 bridgehead atoms. The van der Waals surface area contributed by atoms with Crippen LogP contribution in [0.1, 0.15) is 37.7 Å². The summed E-state index contributed by atoms with van der Waals surface area (Å²) >= 11 is 0. The van der Waals surface area contributed by atoms with Crippen molar-refractivity contribution in [3.63, 3.8) is 0 Å². The van der Waals surface area contributed by atoms with E-state index in [-0.39, 0.29) is 11.5 Å². The van der Waals surface area contributed by atoms with Gasteiger partial charge in [-0.2, -0.15) is 0 Å². The molecule has 0 aliphatic carbocycles. The molecule has 0 fully saturated rings. The van der Waals surface area contributed by atoms with Crippen LogP contribution in [0.25, 0.3) is 10.8 Å². The number of carbonyl (C=O) groups is 2. The standard InChI is InChI=1S/C27H26N8O2/c28-26(36)25-22-2-1-3-23(32-14-20-13-31-16-34-20)21(22)8-9-24(25)35-27(37)18-6-4-17(5-7-18)10-29-11-19-12-30-15-33-19/h1-9,12-13,15-16,29,32H,10-11,14H2,(H2,28,36)(H,30,33)(H,31,34)(H,35,37). The summed E-state index contributed by atoms with van der Waals surface area (Å²) in [6.45, 7) is 1.85. The van der Waals surface area contributed by atoms with Crippen LogP contribution >= 0.6 is 0 Å². The van der Waals surface area contributed by atoms with E-state index in [1.54, 1.807) is 43.2 Å². The number of nitrogens with one attached hydrogen (secondary N) is 5. The Kier molecular flexibility index (Phi) is 6.91. The number of aromatic amines is 2. The van der Waals surface area contributed by atoms with Gasteiger partial charge in [0.1, 0.15) is 0 Å². The molecule has 0 saturated carbocycles. The van der Waals surface area contributed by atoms with E-state index >= 15 is 0 Å². The molecule has 0 radical (unpaired) electrons. The fourth-order valence-electron chi connectivity index (χ4n) is 4.14. The molecular weight excluding hydrogens is 468 g/mol. The molecule has 0 aliphatic rings. The van der Waals surface area contributed by atoms with Crippen LogP contribution in [0.2, 0.25) is 0 Å². The van der Waals surface area contributed by atoms with Crippen molar-refractivity contribution in [2.75, 3.05) is 10.6 Å². The number of hydrogen-bond acceptors (Lipinski definition) is 6. The van der Waals surface area contributed by atoms with Crippen LogP contribution in [0.15, 0.2) is 79.6 Å². The normalized spacial score (nSPS) is 10.9.